The number of nitrogens with zero attached hydrogens (tertiary/aromatic N) is 2. The zero-order valence-electron chi connectivity index (χ0n) is 16.4. The molecule has 0 radical (unpaired) electrons. The van der Waals surface area contributed by atoms with Gasteiger partial charge in [-0.3, -0.25) is 19.6 Å². The first-order chi connectivity index (χ1) is 13.4. The van der Waals surface area contributed by atoms with Crippen LogP contribution in [-0.2, 0) is 14.4 Å². The number of hydrogen-bond acceptors (Lipinski definition) is 6. The lowest BCUT2D eigenvalue weighted by Gasteiger charge is -2.28. The minimum Gasteiger partial charge on any atom is -0.330 e. The van der Waals surface area contributed by atoms with Crippen LogP contribution in [0.15, 0.2) is 5.38 Å². The van der Waals surface area contributed by atoms with Gasteiger partial charge in [0.15, 0.2) is 5.13 Å². The van der Waals surface area contributed by atoms with Crippen LogP contribution in [-0.4, -0.2) is 45.4 Å². The van der Waals surface area contributed by atoms with Gasteiger partial charge in [-0.25, -0.2) is 10.5 Å². The summed E-state index contributed by atoms with van der Waals surface area (Å²) in [5.74, 6) is -1.49. The number of carbonyl (C=O) groups is 3. The highest BCUT2D eigenvalue weighted by Crippen LogP contribution is 2.55. The van der Waals surface area contributed by atoms with Crippen LogP contribution >= 0.6 is 11.3 Å². The Morgan fingerprint density at radius 2 is 2.18 bits per heavy atom. The third-order valence-corrected chi connectivity index (χ3v) is 6.59. The normalized spacial score (nSPS) is 20.8. The van der Waals surface area contributed by atoms with E-state index in [4.69, 9.17) is 5.21 Å². The summed E-state index contributed by atoms with van der Waals surface area (Å²) in [6.07, 6.45) is 4.90. The second-order valence-electron chi connectivity index (χ2n) is 8.05. The van der Waals surface area contributed by atoms with Gasteiger partial charge in [-0.2, -0.15) is 0 Å². The first kappa shape index (κ1) is 20.7. The van der Waals surface area contributed by atoms with Crippen molar-refractivity contribution in [2.24, 2.45) is 11.3 Å². The van der Waals surface area contributed by atoms with Crippen LogP contribution in [0.25, 0.3) is 0 Å². The summed E-state index contributed by atoms with van der Waals surface area (Å²) in [4.78, 5) is 43.8. The molecule has 2 atom stereocenters. The fourth-order valence-electron chi connectivity index (χ4n) is 3.93. The van der Waals surface area contributed by atoms with Crippen molar-refractivity contribution in [1.29, 1.82) is 0 Å². The Bertz CT molecular complexity index is 746. The number of amides is 3. The number of rotatable bonds is 8. The maximum atomic E-state index is 13.3. The molecular formula is C19H28N4O4S. The van der Waals surface area contributed by atoms with Crippen molar-refractivity contribution in [2.75, 3.05) is 11.9 Å². The highest BCUT2D eigenvalue weighted by atomic mass is 32.1. The average molecular weight is 409 g/mol. The Balaban J connectivity index is 1.74. The quantitative estimate of drug-likeness (QED) is 0.452. The van der Waals surface area contributed by atoms with Crippen molar-refractivity contribution in [3.05, 3.63) is 11.1 Å². The van der Waals surface area contributed by atoms with Crippen molar-refractivity contribution in [3.63, 3.8) is 0 Å². The number of unbranched alkanes of at least 4 members (excludes halogenated alkanes) is 1. The molecule has 2 heterocycles. The molecule has 9 heteroatoms. The molecule has 1 aliphatic heterocycles. The Morgan fingerprint density at radius 1 is 1.43 bits per heavy atom. The topological polar surface area (TPSA) is 112 Å². The van der Waals surface area contributed by atoms with Gasteiger partial charge in [0.05, 0.1) is 5.69 Å². The Morgan fingerprint density at radius 3 is 2.75 bits per heavy atom. The van der Waals surface area contributed by atoms with Gasteiger partial charge in [-0.15, -0.1) is 11.3 Å². The monoisotopic (exact) mass is 408 g/mol. The SMILES string of the molecule is CCCC[C@H](CC(=O)NO)C(=O)N1CC2(CC2)C[C@H]1C(=O)Nc1nc(C)cs1. The maximum absolute atomic E-state index is 13.3. The van der Waals surface area contributed by atoms with E-state index in [1.807, 2.05) is 19.2 Å². The molecule has 0 bridgehead atoms. The van der Waals surface area contributed by atoms with Crippen molar-refractivity contribution < 1.29 is 19.6 Å². The van der Waals surface area contributed by atoms with Crippen molar-refractivity contribution in [1.82, 2.24) is 15.4 Å². The van der Waals surface area contributed by atoms with Gasteiger partial charge >= 0.3 is 0 Å². The smallest absolute Gasteiger partial charge is 0.248 e. The van der Waals surface area contributed by atoms with Crippen molar-refractivity contribution >= 4 is 34.2 Å². The summed E-state index contributed by atoms with van der Waals surface area (Å²) in [7, 11) is 0. The molecule has 154 valence electrons. The highest BCUT2D eigenvalue weighted by molar-refractivity contribution is 7.13. The van der Waals surface area contributed by atoms with E-state index in [1.165, 1.54) is 11.3 Å². The number of likely N-dealkylation sites (tertiary alicyclic amines) is 1. The fraction of sp³-hybridized carbons (Fsp3) is 0.684. The van der Waals surface area contributed by atoms with E-state index in [0.29, 0.717) is 24.5 Å². The van der Waals surface area contributed by atoms with Crippen LogP contribution in [0.5, 0.6) is 0 Å². The van der Waals surface area contributed by atoms with Crippen molar-refractivity contribution in [3.8, 4) is 0 Å². The van der Waals surface area contributed by atoms with E-state index in [9.17, 15) is 14.4 Å². The van der Waals surface area contributed by atoms with Crippen LogP contribution < -0.4 is 10.8 Å². The maximum Gasteiger partial charge on any atom is 0.248 e. The molecule has 0 unspecified atom stereocenters. The fourth-order valence-corrected chi connectivity index (χ4v) is 4.62. The molecule has 3 amide bonds. The lowest BCUT2D eigenvalue weighted by Crippen LogP contribution is -2.46. The van der Waals surface area contributed by atoms with Gasteiger partial charge in [0, 0.05) is 24.3 Å². The number of carbonyl (C=O) groups excluding carboxylic acids is 3. The minimum atomic E-state index is -0.575. The van der Waals surface area contributed by atoms with Crippen molar-refractivity contribution in [2.45, 2.75) is 64.8 Å². The summed E-state index contributed by atoms with van der Waals surface area (Å²) < 4.78 is 0. The number of aryl methyl sites for hydroxylation is 1. The predicted octanol–water partition coefficient (Wildman–Crippen LogP) is 2.47. The van der Waals surface area contributed by atoms with Gasteiger partial charge < -0.3 is 10.2 Å². The summed E-state index contributed by atoms with van der Waals surface area (Å²) in [5.41, 5.74) is 2.51. The number of hydroxylamine groups is 1. The number of anilines is 1. The van der Waals surface area contributed by atoms with Crippen LogP contribution in [0.2, 0.25) is 0 Å². The second-order valence-corrected chi connectivity index (χ2v) is 8.91. The Hall–Kier alpha value is -2.00. The minimum absolute atomic E-state index is 0.0466. The number of nitrogens with one attached hydrogen (secondary N) is 2. The molecular weight excluding hydrogens is 380 g/mol. The van der Waals surface area contributed by atoms with Gasteiger partial charge in [-0.1, -0.05) is 19.8 Å². The zero-order chi connectivity index (χ0) is 20.3. The number of aromatic nitrogens is 1. The lowest BCUT2D eigenvalue weighted by molar-refractivity contribution is -0.143. The van der Waals surface area contributed by atoms with Gasteiger partial charge in [0.2, 0.25) is 17.7 Å². The molecule has 2 fully saturated rings. The molecule has 8 nitrogen and oxygen atoms in total. The molecule has 1 aromatic rings. The molecule has 0 aromatic carbocycles. The van der Waals surface area contributed by atoms with E-state index < -0.39 is 17.9 Å². The van der Waals surface area contributed by atoms with E-state index >= 15 is 0 Å². The molecule has 3 N–H and O–H groups in total. The van der Waals surface area contributed by atoms with Crippen LogP contribution in [0.4, 0.5) is 5.13 Å². The molecule has 3 rings (SSSR count). The molecule has 1 saturated heterocycles. The average Bonchev–Trinajstić information content (AvgIpc) is 3.12. The van der Waals surface area contributed by atoms with Crippen LogP contribution in [0.1, 0.15) is 57.6 Å². The number of thiazole rings is 1. The van der Waals surface area contributed by atoms with E-state index in [-0.39, 0.29) is 23.7 Å². The third-order valence-electron chi connectivity index (χ3n) is 5.71. The van der Waals surface area contributed by atoms with E-state index in [2.05, 4.69) is 10.3 Å². The molecule has 1 spiro atoms. The van der Waals surface area contributed by atoms with E-state index in [0.717, 1.165) is 31.4 Å². The zero-order valence-corrected chi connectivity index (χ0v) is 17.2. The highest BCUT2D eigenvalue weighted by Gasteiger charge is 2.55. The van der Waals surface area contributed by atoms with E-state index in [1.54, 1.807) is 10.4 Å². The summed E-state index contributed by atoms with van der Waals surface area (Å²) >= 11 is 1.36. The largest absolute Gasteiger partial charge is 0.330 e. The second kappa shape index (κ2) is 8.57. The summed E-state index contributed by atoms with van der Waals surface area (Å²) in [6, 6.07) is -0.541. The Kier molecular flexibility index (Phi) is 6.34. The standard InChI is InChI=1S/C19H28N4O4S/c1-3-4-5-13(8-15(24)22-27)17(26)23-11-19(6-7-19)9-14(23)16(25)21-18-20-12(2)10-28-18/h10,13-14,27H,3-9,11H2,1-2H3,(H,22,24)(H,20,21,25)/t13-,14+/m1/s1. The summed E-state index contributed by atoms with van der Waals surface area (Å²) in [6.45, 7) is 4.44. The predicted molar refractivity (Wildman–Crippen MR) is 105 cm³/mol. The van der Waals surface area contributed by atoms with Gasteiger partial charge in [0.25, 0.3) is 0 Å². The molecule has 2 aliphatic rings. The third kappa shape index (κ3) is 4.70. The molecule has 28 heavy (non-hydrogen) atoms. The number of hydrogen-bond donors (Lipinski definition) is 3. The Labute approximate surface area is 168 Å². The van der Waals surface area contributed by atoms with Crippen LogP contribution in [0.3, 0.4) is 0 Å². The molecule has 1 saturated carbocycles. The van der Waals surface area contributed by atoms with Crippen LogP contribution in [0, 0.1) is 18.3 Å². The molecule has 1 aliphatic carbocycles. The molecule has 1 aromatic heterocycles. The first-order valence-corrected chi connectivity index (χ1v) is 10.7. The summed E-state index contributed by atoms with van der Waals surface area (Å²) in [5, 5.41) is 14.1. The first-order valence-electron chi connectivity index (χ1n) is 9.84. The van der Waals surface area contributed by atoms with Gasteiger partial charge in [0.1, 0.15) is 6.04 Å². The lowest BCUT2D eigenvalue weighted by atomic mass is 9.96. The van der Waals surface area contributed by atoms with Gasteiger partial charge in [-0.05, 0) is 38.0 Å².